The molecule has 174 valence electrons. The largest absolute Gasteiger partial charge is 0.328 e. The van der Waals surface area contributed by atoms with Gasteiger partial charge < -0.3 is 5.32 Å². The first kappa shape index (κ1) is 22.8. The molecule has 0 radical (unpaired) electrons. The third kappa shape index (κ3) is 4.40. The average molecular weight is 497 g/mol. The smallest absolute Gasteiger partial charge is 0.227 e. The lowest BCUT2D eigenvalue weighted by Gasteiger charge is -2.38. The summed E-state index contributed by atoms with van der Waals surface area (Å²) < 4.78 is 14.9. The van der Waals surface area contributed by atoms with Gasteiger partial charge in [-0.15, -0.1) is 5.10 Å². The zero-order valence-corrected chi connectivity index (χ0v) is 20.2. The van der Waals surface area contributed by atoms with Crippen LogP contribution in [-0.4, -0.2) is 32.1 Å². The maximum Gasteiger partial charge on any atom is 0.227 e. The zero-order valence-electron chi connectivity index (χ0n) is 18.6. The molecule has 1 aromatic heterocycles. The number of carbonyl (C=O) groups excluding carboxylic acids is 2. The SMILES string of the molecule is CC1(C)CC(=O)C2=C(C1)Nc1nc(SCC(=O)c3ccc(F)cc3)nn1[C@H]2c1ccc(Cl)cc1. The highest BCUT2D eigenvalue weighted by Gasteiger charge is 2.41. The fraction of sp³-hybridized carbons (Fsp3) is 0.280. The molecule has 6 nitrogen and oxygen atoms in total. The molecule has 1 N–H and O–H groups in total. The number of nitrogens with one attached hydrogen (secondary N) is 1. The Morgan fingerprint density at radius 3 is 2.59 bits per heavy atom. The number of anilines is 1. The number of fused-ring (bicyclic) bond motifs is 1. The van der Waals surface area contributed by atoms with E-state index in [4.69, 9.17) is 11.6 Å². The molecule has 2 heterocycles. The van der Waals surface area contributed by atoms with Gasteiger partial charge in [-0.25, -0.2) is 9.07 Å². The lowest BCUT2D eigenvalue weighted by molar-refractivity contribution is -0.118. The number of hydrogen-bond acceptors (Lipinski definition) is 6. The maximum absolute atomic E-state index is 13.2. The van der Waals surface area contributed by atoms with Crippen molar-refractivity contribution in [2.45, 2.75) is 37.9 Å². The number of halogens is 2. The number of carbonyl (C=O) groups is 2. The van der Waals surface area contributed by atoms with Crippen molar-refractivity contribution in [3.63, 3.8) is 0 Å². The summed E-state index contributed by atoms with van der Waals surface area (Å²) in [6.45, 7) is 4.16. The van der Waals surface area contributed by atoms with E-state index in [1.165, 1.54) is 36.0 Å². The second kappa shape index (κ2) is 8.67. The average Bonchev–Trinajstić information content (AvgIpc) is 3.19. The number of nitrogens with zero attached hydrogens (tertiary/aromatic N) is 3. The second-order valence-electron chi connectivity index (χ2n) is 9.29. The highest BCUT2D eigenvalue weighted by molar-refractivity contribution is 7.99. The van der Waals surface area contributed by atoms with Crippen LogP contribution in [0.2, 0.25) is 5.02 Å². The van der Waals surface area contributed by atoms with Gasteiger partial charge in [-0.1, -0.05) is 49.3 Å². The predicted molar refractivity (Wildman–Crippen MR) is 130 cm³/mol. The Kier molecular flexibility index (Phi) is 5.81. The van der Waals surface area contributed by atoms with E-state index in [1.807, 2.05) is 12.1 Å². The molecular formula is C25H22ClFN4O2S. The molecule has 0 unspecified atom stereocenters. The molecule has 0 fully saturated rings. The van der Waals surface area contributed by atoms with Crippen LogP contribution in [0.3, 0.4) is 0 Å². The van der Waals surface area contributed by atoms with Crippen molar-refractivity contribution < 1.29 is 14.0 Å². The summed E-state index contributed by atoms with van der Waals surface area (Å²) in [4.78, 5) is 30.4. The molecule has 3 aromatic rings. The minimum absolute atomic E-state index is 0.0838. The van der Waals surface area contributed by atoms with Crippen molar-refractivity contribution >= 4 is 40.9 Å². The standard InChI is InChI=1S/C25H22ClFN4O2S/c1-25(2)11-18-21(19(32)12-25)22(15-3-7-16(26)8-4-15)31-23(28-18)29-24(30-31)34-13-20(33)14-5-9-17(27)10-6-14/h3-10,22H,11-13H2,1-2H3,(H,28,29,30)/t22-/m0/s1. The van der Waals surface area contributed by atoms with Crippen LogP contribution >= 0.6 is 23.4 Å². The van der Waals surface area contributed by atoms with Gasteiger partial charge in [0.05, 0.1) is 5.75 Å². The summed E-state index contributed by atoms with van der Waals surface area (Å²) in [6.07, 6.45) is 1.17. The van der Waals surface area contributed by atoms with Crippen molar-refractivity contribution in [3.8, 4) is 0 Å². The molecule has 5 rings (SSSR count). The molecule has 2 aliphatic rings. The van der Waals surface area contributed by atoms with Crippen LogP contribution in [-0.2, 0) is 4.79 Å². The quantitative estimate of drug-likeness (QED) is 0.360. The molecule has 0 spiro atoms. The van der Waals surface area contributed by atoms with Gasteiger partial charge in [0.15, 0.2) is 11.6 Å². The third-order valence-corrected chi connectivity index (χ3v) is 7.09. The third-order valence-electron chi connectivity index (χ3n) is 6.00. The van der Waals surface area contributed by atoms with E-state index in [0.29, 0.717) is 33.7 Å². The van der Waals surface area contributed by atoms with E-state index in [-0.39, 0.29) is 28.6 Å². The summed E-state index contributed by atoms with van der Waals surface area (Å²) in [7, 11) is 0. The summed E-state index contributed by atoms with van der Waals surface area (Å²) in [6, 6.07) is 12.4. The molecule has 2 aromatic carbocycles. The van der Waals surface area contributed by atoms with Crippen LogP contribution in [0.1, 0.15) is 48.7 Å². The Labute approximate surface area is 205 Å². The number of benzene rings is 2. The van der Waals surface area contributed by atoms with Crippen LogP contribution in [0, 0.1) is 11.2 Å². The number of thioether (sulfide) groups is 1. The minimum atomic E-state index is -0.429. The van der Waals surface area contributed by atoms with Crippen LogP contribution < -0.4 is 5.32 Å². The van der Waals surface area contributed by atoms with Gasteiger partial charge in [-0.2, -0.15) is 4.98 Å². The second-order valence-corrected chi connectivity index (χ2v) is 10.7. The Bertz CT molecular complexity index is 1320. The number of ketones is 2. The fourth-order valence-corrected chi connectivity index (χ4v) is 5.30. The molecule has 0 saturated heterocycles. The molecule has 34 heavy (non-hydrogen) atoms. The number of hydrogen-bond donors (Lipinski definition) is 1. The summed E-state index contributed by atoms with van der Waals surface area (Å²) in [5, 5.41) is 9.00. The Morgan fingerprint density at radius 2 is 1.88 bits per heavy atom. The van der Waals surface area contributed by atoms with E-state index >= 15 is 0 Å². The van der Waals surface area contributed by atoms with Gasteiger partial charge in [0.25, 0.3) is 0 Å². The van der Waals surface area contributed by atoms with Crippen LogP contribution in [0.4, 0.5) is 10.3 Å². The van der Waals surface area contributed by atoms with E-state index in [2.05, 4.69) is 29.2 Å². The summed E-state index contributed by atoms with van der Waals surface area (Å²) >= 11 is 7.31. The molecule has 1 aliphatic carbocycles. The van der Waals surface area contributed by atoms with E-state index in [0.717, 1.165) is 17.7 Å². The number of rotatable bonds is 5. The van der Waals surface area contributed by atoms with Crippen LogP contribution in [0.5, 0.6) is 0 Å². The van der Waals surface area contributed by atoms with E-state index in [1.54, 1.807) is 16.8 Å². The van der Waals surface area contributed by atoms with Gasteiger partial charge in [-0.3, -0.25) is 9.59 Å². The van der Waals surface area contributed by atoms with Gasteiger partial charge >= 0.3 is 0 Å². The normalized spacial score (nSPS) is 18.8. The maximum atomic E-state index is 13.2. The first-order chi connectivity index (χ1) is 16.2. The van der Waals surface area contributed by atoms with E-state index < -0.39 is 6.04 Å². The topological polar surface area (TPSA) is 76.9 Å². The molecule has 0 saturated carbocycles. The highest BCUT2D eigenvalue weighted by atomic mass is 35.5. The minimum Gasteiger partial charge on any atom is -0.328 e. The number of aromatic nitrogens is 3. The first-order valence-electron chi connectivity index (χ1n) is 10.9. The van der Waals surface area contributed by atoms with Crippen LogP contribution in [0.25, 0.3) is 0 Å². The lowest BCUT2D eigenvalue weighted by atomic mass is 9.73. The Hall–Kier alpha value is -2.97. The predicted octanol–water partition coefficient (Wildman–Crippen LogP) is 5.70. The van der Waals surface area contributed by atoms with Gasteiger partial charge in [-0.05, 0) is 53.8 Å². The van der Waals surface area contributed by atoms with Crippen molar-refractivity contribution in [1.82, 2.24) is 14.8 Å². The zero-order chi connectivity index (χ0) is 24.0. The van der Waals surface area contributed by atoms with Gasteiger partial charge in [0.2, 0.25) is 11.1 Å². The molecule has 0 bridgehead atoms. The summed E-state index contributed by atoms with van der Waals surface area (Å²) in [5.41, 5.74) is 2.71. The van der Waals surface area contributed by atoms with Crippen molar-refractivity contribution in [2.75, 3.05) is 11.1 Å². The molecule has 9 heteroatoms. The summed E-state index contributed by atoms with van der Waals surface area (Å²) in [5.74, 6) is 0.191. The van der Waals surface area contributed by atoms with Crippen molar-refractivity contribution in [2.24, 2.45) is 5.41 Å². The van der Waals surface area contributed by atoms with Crippen molar-refractivity contribution in [3.05, 3.63) is 81.8 Å². The number of allylic oxidation sites excluding steroid dienone is 2. The first-order valence-corrected chi connectivity index (χ1v) is 12.2. The van der Waals surface area contributed by atoms with Crippen molar-refractivity contribution in [1.29, 1.82) is 0 Å². The Morgan fingerprint density at radius 1 is 1.18 bits per heavy atom. The van der Waals surface area contributed by atoms with Gasteiger partial charge in [0, 0.05) is 28.3 Å². The van der Waals surface area contributed by atoms with Crippen LogP contribution in [0.15, 0.2) is 65.0 Å². The molecular weight excluding hydrogens is 475 g/mol. The highest BCUT2D eigenvalue weighted by Crippen LogP contribution is 2.45. The monoisotopic (exact) mass is 496 g/mol. The Balaban J connectivity index is 1.47. The lowest BCUT2D eigenvalue weighted by Crippen LogP contribution is -2.36. The number of Topliss-reactive ketones (excluding diaryl/α,β-unsaturated/α-hetero) is 2. The molecule has 1 aliphatic heterocycles. The molecule has 0 amide bonds. The molecule has 1 atom stereocenters. The fourth-order valence-electron chi connectivity index (χ4n) is 4.45. The van der Waals surface area contributed by atoms with E-state index in [9.17, 15) is 14.0 Å². The van der Waals surface area contributed by atoms with Gasteiger partial charge in [0.1, 0.15) is 11.9 Å².